The van der Waals surface area contributed by atoms with Gasteiger partial charge in [-0.05, 0) is 6.07 Å². The Bertz CT molecular complexity index is 603. The molecule has 0 bridgehead atoms. The van der Waals surface area contributed by atoms with Gasteiger partial charge in [-0.25, -0.2) is 4.79 Å². The summed E-state index contributed by atoms with van der Waals surface area (Å²) in [5.74, 6) is -1.13. The quantitative estimate of drug-likeness (QED) is 0.398. The largest absolute Gasteiger partial charge is 0.432 e. The lowest BCUT2D eigenvalue weighted by molar-refractivity contribution is -0.196. The van der Waals surface area contributed by atoms with Crippen LogP contribution in [0, 0.1) is 5.92 Å². The normalized spacial score (nSPS) is 27.9. The Kier molecular flexibility index (Phi) is 4.76. The number of aliphatic hydroxyl groups excluding tert-OH is 2. The minimum absolute atomic E-state index is 0.0860. The van der Waals surface area contributed by atoms with Crippen LogP contribution in [0.5, 0.6) is 0 Å². The third kappa shape index (κ3) is 3.09. The van der Waals surface area contributed by atoms with E-state index in [9.17, 15) is 19.8 Å². The Hall–Kier alpha value is -2.01. The smallest absolute Gasteiger partial charge is 0.351 e. The minimum atomic E-state index is -1.50. The molecule has 1 aromatic heterocycles. The summed E-state index contributed by atoms with van der Waals surface area (Å²) in [4.78, 5) is 26.8. The molecule has 0 radical (unpaired) electrons. The zero-order chi connectivity index (χ0) is 16.4. The first-order chi connectivity index (χ1) is 10.3. The van der Waals surface area contributed by atoms with Crippen molar-refractivity contribution in [3.05, 3.63) is 22.7 Å². The summed E-state index contributed by atoms with van der Waals surface area (Å²) in [5.41, 5.74) is 0.879. The van der Waals surface area contributed by atoms with Crippen molar-refractivity contribution in [2.24, 2.45) is 5.92 Å². The number of carbonyl (C=O) groups excluding carboxylic acids is 1. The van der Waals surface area contributed by atoms with Crippen LogP contribution in [0.25, 0.3) is 0 Å². The topological polar surface area (TPSA) is 143 Å². The first-order valence-electron chi connectivity index (χ1n) is 6.56. The van der Waals surface area contributed by atoms with E-state index in [2.05, 4.69) is 4.98 Å². The van der Waals surface area contributed by atoms with Crippen LogP contribution in [0.1, 0.15) is 20.1 Å². The third-order valence-electron chi connectivity index (χ3n) is 3.12. The predicted octanol–water partition coefficient (Wildman–Crippen LogP) is -1.18. The first-order valence-corrected chi connectivity index (χ1v) is 6.56. The predicted molar refractivity (Wildman–Crippen MR) is 70.8 cm³/mol. The molecular formula is C12H17N3O7. The Morgan fingerprint density at radius 2 is 2.14 bits per heavy atom. The van der Waals surface area contributed by atoms with Gasteiger partial charge < -0.3 is 19.7 Å². The number of anilines is 1. The molecule has 1 aromatic rings. The van der Waals surface area contributed by atoms with Gasteiger partial charge in [0.15, 0.2) is 12.0 Å². The standard InChI is InChI=1S/C12H17N3O7/c1-5(2)10(18)22-11-8(17)7(16)9(21-11)15-4-3-6(14-20)13-12(15)19/h3-5,7-9,11,16-17,20H,1-2H3,(H,13,14,19)/t7-,8+,9-,11-/m1/s1. The summed E-state index contributed by atoms with van der Waals surface area (Å²) in [6.07, 6.45) is -4.45. The molecule has 2 heterocycles. The summed E-state index contributed by atoms with van der Waals surface area (Å²) in [7, 11) is 0. The number of hydrogen-bond donors (Lipinski definition) is 4. The van der Waals surface area contributed by atoms with Gasteiger partial charge in [-0.3, -0.25) is 20.0 Å². The van der Waals surface area contributed by atoms with Crippen LogP contribution in [0.15, 0.2) is 17.1 Å². The van der Waals surface area contributed by atoms with Crippen molar-refractivity contribution in [3.63, 3.8) is 0 Å². The number of carbonyl (C=O) groups is 1. The van der Waals surface area contributed by atoms with Crippen molar-refractivity contribution in [2.45, 2.75) is 38.6 Å². The average molecular weight is 315 g/mol. The molecule has 1 aliphatic rings. The van der Waals surface area contributed by atoms with Crippen LogP contribution in [0.2, 0.25) is 0 Å². The van der Waals surface area contributed by atoms with Crippen molar-refractivity contribution < 1.29 is 29.7 Å². The van der Waals surface area contributed by atoms with Gasteiger partial charge in [-0.2, -0.15) is 4.98 Å². The monoisotopic (exact) mass is 315 g/mol. The van der Waals surface area contributed by atoms with Gasteiger partial charge in [-0.1, -0.05) is 13.8 Å². The van der Waals surface area contributed by atoms with Crippen LogP contribution >= 0.6 is 0 Å². The van der Waals surface area contributed by atoms with E-state index >= 15 is 0 Å². The van der Waals surface area contributed by atoms with Crippen molar-refractivity contribution in [1.82, 2.24) is 9.55 Å². The molecule has 2 rings (SSSR count). The summed E-state index contributed by atoms with van der Waals surface area (Å²) >= 11 is 0. The Balaban J connectivity index is 2.19. The SMILES string of the molecule is CC(C)C(=O)O[C@H]1O[C@@H](n2ccc(NO)nc2=O)[C@H](O)[C@@H]1O. The zero-order valence-electron chi connectivity index (χ0n) is 11.9. The molecule has 0 aliphatic carbocycles. The number of hydrogen-bond acceptors (Lipinski definition) is 9. The molecule has 10 nitrogen and oxygen atoms in total. The minimum Gasteiger partial charge on any atom is -0.432 e. The van der Waals surface area contributed by atoms with Crippen molar-refractivity contribution in [3.8, 4) is 0 Å². The first kappa shape index (κ1) is 16.4. The van der Waals surface area contributed by atoms with E-state index in [0.29, 0.717) is 0 Å². The molecular weight excluding hydrogens is 298 g/mol. The van der Waals surface area contributed by atoms with Crippen LogP contribution < -0.4 is 11.2 Å². The fourth-order valence-corrected chi connectivity index (χ4v) is 1.87. The van der Waals surface area contributed by atoms with Crippen molar-refractivity contribution in [2.75, 3.05) is 5.48 Å². The van der Waals surface area contributed by atoms with Gasteiger partial charge in [0.05, 0.1) is 5.92 Å². The molecule has 1 saturated heterocycles. The highest BCUT2D eigenvalue weighted by Crippen LogP contribution is 2.29. The van der Waals surface area contributed by atoms with Gasteiger partial charge in [-0.15, -0.1) is 0 Å². The molecule has 0 aromatic carbocycles. The second-order valence-electron chi connectivity index (χ2n) is 5.08. The summed E-state index contributed by atoms with van der Waals surface area (Å²) < 4.78 is 11.1. The molecule has 22 heavy (non-hydrogen) atoms. The van der Waals surface area contributed by atoms with Gasteiger partial charge in [0.2, 0.25) is 6.29 Å². The maximum absolute atomic E-state index is 11.8. The van der Waals surface area contributed by atoms with E-state index in [0.717, 1.165) is 4.57 Å². The molecule has 4 atom stereocenters. The second-order valence-corrected chi connectivity index (χ2v) is 5.08. The van der Waals surface area contributed by atoms with E-state index in [1.165, 1.54) is 12.3 Å². The van der Waals surface area contributed by atoms with Gasteiger partial charge in [0.25, 0.3) is 0 Å². The lowest BCUT2D eigenvalue weighted by atomic mass is 10.2. The van der Waals surface area contributed by atoms with Gasteiger partial charge in [0, 0.05) is 6.20 Å². The average Bonchev–Trinajstić information content (AvgIpc) is 2.75. The van der Waals surface area contributed by atoms with E-state index in [4.69, 9.17) is 14.7 Å². The highest BCUT2D eigenvalue weighted by atomic mass is 16.7. The van der Waals surface area contributed by atoms with Crippen LogP contribution in [0.4, 0.5) is 5.82 Å². The summed E-state index contributed by atoms with van der Waals surface area (Å²) in [6, 6.07) is 1.26. The molecule has 1 fully saturated rings. The Morgan fingerprint density at radius 1 is 1.45 bits per heavy atom. The molecule has 122 valence electrons. The molecule has 1 aliphatic heterocycles. The van der Waals surface area contributed by atoms with Crippen LogP contribution in [-0.2, 0) is 14.3 Å². The fraction of sp³-hybridized carbons (Fsp3) is 0.583. The number of aliphatic hydroxyl groups is 2. The lowest BCUT2D eigenvalue weighted by Gasteiger charge is -2.17. The summed E-state index contributed by atoms with van der Waals surface area (Å²) in [6.45, 7) is 3.21. The van der Waals surface area contributed by atoms with Gasteiger partial charge >= 0.3 is 11.7 Å². The number of rotatable bonds is 4. The zero-order valence-corrected chi connectivity index (χ0v) is 11.9. The number of ether oxygens (including phenoxy) is 2. The molecule has 4 N–H and O–H groups in total. The number of nitrogens with one attached hydrogen (secondary N) is 1. The Morgan fingerprint density at radius 3 is 2.68 bits per heavy atom. The van der Waals surface area contributed by atoms with E-state index in [1.807, 2.05) is 0 Å². The third-order valence-corrected chi connectivity index (χ3v) is 3.12. The number of esters is 1. The molecule has 0 amide bonds. The van der Waals surface area contributed by atoms with Crippen LogP contribution in [0.3, 0.4) is 0 Å². The highest BCUT2D eigenvalue weighted by molar-refractivity contribution is 5.71. The fourth-order valence-electron chi connectivity index (χ4n) is 1.87. The van der Waals surface area contributed by atoms with Crippen molar-refractivity contribution >= 4 is 11.8 Å². The van der Waals surface area contributed by atoms with Gasteiger partial charge in [0.1, 0.15) is 12.2 Å². The molecule has 0 unspecified atom stereocenters. The lowest BCUT2D eigenvalue weighted by Crippen LogP contribution is -2.36. The van der Waals surface area contributed by atoms with E-state index < -0.39 is 42.3 Å². The maximum atomic E-state index is 11.8. The van der Waals surface area contributed by atoms with E-state index in [-0.39, 0.29) is 5.82 Å². The molecule has 10 heteroatoms. The Labute approximate surface area is 124 Å². The van der Waals surface area contributed by atoms with Crippen molar-refractivity contribution in [1.29, 1.82) is 0 Å². The van der Waals surface area contributed by atoms with Crippen LogP contribution in [-0.4, -0.2) is 49.4 Å². The second kappa shape index (κ2) is 6.40. The summed E-state index contributed by atoms with van der Waals surface area (Å²) in [5, 5.41) is 28.5. The number of nitrogens with zero attached hydrogens (tertiary/aromatic N) is 2. The highest BCUT2D eigenvalue weighted by Gasteiger charge is 2.46. The molecule has 0 saturated carbocycles. The van der Waals surface area contributed by atoms with E-state index in [1.54, 1.807) is 19.3 Å². The number of aromatic nitrogens is 2. The maximum Gasteiger partial charge on any atom is 0.351 e. The molecule has 0 spiro atoms.